The fourth-order valence-electron chi connectivity index (χ4n) is 3.90. The SMILES string of the molecule is CCOC(=O)c1sc(N2C(=O)C(=O)/C(=C(/O)c3cc(C)ccc3C)C2c2ccncc2)nc1C. The zero-order chi connectivity index (χ0) is 24.6. The zero-order valence-electron chi connectivity index (χ0n) is 19.2. The number of Topliss-reactive ketones (excluding diaryl/α,β-unsaturated/α-hetero) is 1. The highest BCUT2D eigenvalue weighted by Crippen LogP contribution is 2.44. The molecule has 9 heteroatoms. The lowest BCUT2D eigenvalue weighted by Crippen LogP contribution is -2.29. The average Bonchev–Trinajstić information content (AvgIpc) is 3.33. The van der Waals surface area contributed by atoms with E-state index in [1.807, 2.05) is 26.0 Å². The number of ether oxygens (including phenoxy) is 1. The molecule has 1 aliphatic heterocycles. The molecular weight excluding hydrogens is 454 g/mol. The van der Waals surface area contributed by atoms with Crippen molar-refractivity contribution in [3.8, 4) is 0 Å². The predicted molar refractivity (Wildman–Crippen MR) is 128 cm³/mol. The first-order valence-electron chi connectivity index (χ1n) is 10.7. The summed E-state index contributed by atoms with van der Waals surface area (Å²) in [4.78, 5) is 48.8. The topological polar surface area (TPSA) is 110 Å². The van der Waals surface area contributed by atoms with E-state index in [2.05, 4.69) is 9.97 Å². The minimum Gasteiger partial charge on any atom is -0.507 e. The average molecular weight is 478 g/mol. The number of aliphatic hydroxyl groups is 1. The summed E-state index contributed by atoms with van der Waals surface area (Å²) in [6, 6.07) is 7.93. The summed E-state index contributed by atoms with van der Waals surface area (Å²) in [7, 11) is 0. The number of anilines is 1. The van der Waals surface area contributed by atoms with Gasteiger partial charge in [0, 0.05) is 18.0 Å². The number of aliphatic hydroxyl groups excluding tert-OH is 1. The van der Waals surface area contributed by atoms with Gasteiger partial charge in [0.1, 0.15) is 10.6 Å². The van der Waals surface area contributed by atoms with Crippen LogP contribution in [0.4, 0.5) is 5.13 Å². The molecule has 0 saturated carbocycles. The van der Waals surface area contributed by atoms with Crippen LogP contribution in [-0.2, 0) is 14.3 Å². The van der Waals surface area contributed by atoms with E-state index >= 15 is 0 Å². The number of pyridine rings is 1. The molecule has 2 aromatic heterocycles. The highest BCUT2D eigenvalue weighted by molar-refractivity contribution is 7.17. The van der Waals surface area contributed by atoms with Gasteiger partial charge in [-0.3, -0.25) is 19.5 Å². The number of carbonyl (C=O) groups excluding carboxylic acids is 3. The Hall–Kier alpha value is -3.85. The standard InChI is InChI=1S/C25H23N3O5S/c1-5-33-24(32)22-15(4)27-25(34-22)28-19(16-8-10-26-11-9-16)18(21(30)23(28)31)20(29)17-12-13(2)6-7-14(17)3/h6-12,19,29H,5H2,1-4H3/b20-18+. The molecule has 3 heterocycles. The Morgan fingerprint density at radius 2 is 1.85 bits per heavy atom. The first-order chi connectivity index (χ1) is 16.2. The van der Waals surface area contributed by atoms with Gasteiger partial charge in [0.2, 0.25) is 0 Å². The van der Waals surface area contributed by atoms with Crippen LogP contribution in [0.5, 0.6) is 0 Å². The van der Waals surface area contributed by atoms with E-state index in [-0.39, 0.29) is 27.9 Å². The van der Waals surface area contributed by atoms with Gasteiger partial charge in [0.05, 0.1) is 23.9 Å². The van der Waals surface area contributed by atoms with Gasteiger partial charge in [-0.05, 0) is 57.0 Å². The second-order valence-corrected chi connectivity index (χ2v) is 8.88. The van der Waals surface area contributed by atoms with Crippen molar-refractivity contribution in [2.24, 2.45) is 0 Å². The summed E-state index contributed by atoms with van der Waals surface area (Å²) >= 11 is 0.972. The second-order valence-electron chi connectivity index (χ2n) is 7.90. The third-order valence-corrected chi connectivity index (χ3v) is 6.70. The molecule has 0 spiro atoms. The van der Waals surface area contributed by atoms with Crippen LogP contribution in [0.3, 0.4) is 0 Å². The van der Waals surface area contributed by atoms with Crippen LogP contribution < -0.4 is 4.90 Å². The molecule has 0 bridgehead atoms. The lowest BCUT2D eigenvalue weighted by atomic mass is 9.94. The van der Waals surface area contributed by atoms with Crippen LogP contribution in [0, 0.1) is 20.8 Å². The minimum atomic E-state index is -0.941. The van der Waals surface area contributed by atoms with Crippen molar-refractivity contribution in [3.05, 3.63) is 81.1 Å². The van der Waals surface area contributed by atoms with Crippen LogP contribution in [0.1, 0.15) is 50.6 Å². The number of esters is 1. The molecule has 3 aromatic rings. The number of aromatic nitrogens is 2. The molecule has 4 rings (SSSR count). The van der Waals surface area contributed by atoms with E-state index in [9.17, 15) is 19.5 Å². The monoisotopic (exact) mass is 477 g/mol. The van der Waals surface area contributed by atoms with Crippen molar-refractivity contribution >= 4 is 39.9 Å². The van der Waals surface area contributed by atoms with Crippen LogP contribution in [0.25, 0.3) is 5.76 Å². The number of thiazole rings is 1. The molecule has 8 nitrogen and oxygen atoms in total. The van der Waals surface area contributed by atoms with E-state index in [1.165, 1.54) is 4.90 Å². The molecule has 1 fully saturated rings. The van der Waals surface area contributed by atoms with E-state index in [4.69, 9.17) is 4.74 Å². The minimum absolute atomic E-state index is 0.0459. The van der Waals surface area contributed by atoms with Crippen molar-refractivity contribution < 1.29 is 24.2 Å². The van der Waals surface area contributed by atoms with Crippen LogP contribution in [0.2, 0.25) is 0 Å². The Balaban J connectivity index is 1.93. The molecule has 34 heavy (non-hydrogen) atoms. The van der Waals surface area contributed by atoms with Gasteiger partial charge in [-0.1, -0.05) is 29.0 Å². The highest BCUT2D eigenvalue weighted by atomic mass is 32.1. The maximum Gasteiger partial charge on any atom is 0.350 e. The number of benzene rings is 1. The third-order valence-electron chi connectivity index (χ3n) is 5.57. The predicted octanol–water partition coefficient (Wildman–Crippen LogP) is 4.27. The van der Waals surface area contributed by atoms with Crippen molar-refractivity contribution in [2.75, 3.05) is 11.5 Å². The van der Waals surface area contributed by atoms with Gasteiger partial charge >= 0.3 is 11.9 Å². The van der Waals surface area contributed by atoms with Crippen LogP contribution in [0.15, 0.2) is 48.3 Å². The lowest BCUT2D eigenvalue weighted by molar-refractivity contribution is -0.132. The van der Waals surface area contributed by atoms with Crippen LogP contribution >= 0.6 is 11.3 Å². The molecule has 1 N–H and O–H groups in total. The summed E-state index contributed by atoms with van der Waals surface area (Å²) in [6.45, 7) is 7.24. The van der Waals surface area contributed by atoms with E-state index in [0.29, 0.717) is 16.8 Å². The van der Waals surface area contributed by atoms with Crippen molar-refractivity contribution in [2.45, 2.75) is 33.7 Å². The summed E-state index contributed by atoms with van der Waals surface area (Å²) in [5.41, 5.74) is 3.05. The van der Waals surface area contributed by atoms with Gasteiger partial charge in [0.15, 0.2) is 5.13 Å². The van der Waals surface area contributed by atoms with Crippen molar-refractivity contribution in [1.82, 2.24) is 9.97 Å². The highest BCUT2D eigenvalue weighted by Gasteiger charge is 2.48. The first kappa shape index (κ1) is 23.3. The number of amides is 1. The fraction of sp³-hybridized carbons (Fsp3) is 0.240. The van der Waals surface area contributed by atoms with E-state index in [1.54, 1.807) is 44.4 Å². The Morgan fingerprint density at radius 1 is 1.15 bits per heavy atom. The molecular formula is C25H23N3O5S. The quantitative estimate of drug-likeness (QED) is 0.253. The van der Waals surface area contributed by atoms with Crippen LogP contribution in [-0.4, -0.2) is 39.3 Å². The van der Waals surface area contributed by atoms with E-state index in [0.717, 1.165) is 22.5 Å². The zero-order valence-corrected chi connectivity index (χ0v) is 20.0. The Bertz CT molecular complexity index is 1330. The van der Waals surface area contributed by atoms with Crippen molar-refractivity contribution in [3.63, 3.8) is 0 Å². The number of hydrogen-bond donors (Lipinski definition) is 1. The molecule has 1 amide bonds. The van der Waals surface area contributed by atoms with Gasteiger partial charge in [-0.15, -0.1) is 0 Å². The molecule has 174 valence electrons. The Morgan fingerprint density at radius 3 is 2.53 bits per heavy atom. The molecule has 1 aliphatic rings. The maximum atomic E-state index is 13.3. The van der Waals surface area contributed by atoms with Gasteiger partial charge < -0.3 is 9.84 Å². The van der Waals surface area contributed by atoms with Gasteiger partial charge in [-0.2, -0.15) is 0 Å². The van der Waals surface area contributed by atoms with E-state index < -0.39 is 23.7 Å². The molecule has 0 aliphatic carbocycles. The number of nitrogens with zero attached hydrogens (tertiary/aromatic N) is 3. The first-order valence-corrected chi connectivity index (χ1v) is 11.5. The largest absolute Gasteiger partial charge is 0.507 e. The molecule has 1 unspecified atom stereocenters. The van der Waals surface area contributed by atoms with Gasteiger partial charge in [-0.25, -0.2) is 9.78 Å². The molecule has 1 aromatic carbocycles. The van der Waals surface area contributed by atoms with Crippen molar-refractivity contribution in [1.29, 1.82) is 0 Å². The summed E-state index contributed by atoms with van der Waals surface area (Å²) in [5.74, 6) is -2.47. The maximum absolute atomic E-state index is 13.3. The summed E-state index contributed by atoms with van der Waals surface area (Å²) in [6.07, 6.45) is 3.09. The Labute approximate surface area is 200 Å². The number of ketones is 1. The number of aryl methyl sites for hydroxylation is 3. The Kier molecular flexibility index (Phi) is 6.30. The normalized spacial score (nSPS) is 17.3. The third kappa shape index (κ3) is 3.99. The second kappa shape index (κ2) is 9.18. The summed E-state index contributed by atoms with van der Waals surface area (Å²) < 4.78 is 5.09. The van der Waals surface area contributed by atoms with Gasteiger partial charge in [0.25, 0.3) is 5.78 Å². The molecule has 1 atom stereocenters. The number of carbonyl (C=O) groups is 3. The fourth-order valence-corrected chi connectivity index (χ4v) is 4.89. The summed E-state index contributed by atoms with van der Waals surface area (Å²) in [5, 5.41) is 11.5. The molecule has 0 radical (unpaired) electrons. The number of hydrogen-bond acceptors (Lipinski definition) is 8. The lowest BCUT2D eigenvalue weighted by Gasteiger charge is -2.23. The molecule has 1 saturated heterocycles. The smallest absolute Gasteiger partial charge is 0.350 e. The number of rotatable bonds is 5.